The lowest BCUT2D eigenvalue weighted by Gasteiger charge is -2.23. The first-order valence-electron chi connectivity index (χ1n) is 7.90. The molecular weight excluding hydrogens is 377 g/mol. The molecule has 0 amide bonds. The highest BCUT2D eigenvalue weighted by molar-refractivity contribution is 14.0. The van der Waals surface area contributed by atoms with Crippen molar-refractivity contribution in [3.8, 4) is 0 Å². The van der Waals surface area contributed by atoms with Gasteiger partial charge >= 0.3 is 0 Å². The van der Waals surface area contributed by atoms with Gasteiger partial charge in [0, 0.05) is 33.3 Å². The molecule has 1 atom stereocenters. The predicted octanol–water partition coefficient (Wildman–Crippen LogP) is 3.27. The fraction of sp³-hybridized carbons (Fsp3) is 0.812. The molecule has 0 aliphatic carbocycles. The zero-order valence-electron chi connectivity index (χ0n) is 14.0. The maximum atomic E-state index is 9.10. The molecule has 0 heterocycles. The lowest BCUT2D eigenvalue weighted by atomic mass is 10.0. The van der Waals surface area contributed by atoms with Gasteiger partial charge in [-0.2, -0.15) is 0 Å². The molecule has 4 nitrogen and oxygen atoms in total. The van der Waals surface area contributed by atoms with Crippen molar-refractivity contribution < 1.29 is 5.11 Å². The van der Waals surface area contributed by atoms with Gasteiger partial charge in [0.15, 0.2) is 5.96 Å². The minimum atomic E-state index is 0. The minimum absolute atomic E-state index is 0. The molecule has 0 aromatic heterocycles. The molecule has 0 saturated carbocycles. The van der Waals surface area contributed by atoms with Gasteiger partial charge in [0.05, 0.1) is 0 Å². The van der Waals surface area contributed by atoms with Crippen LogP contribution in [-0.4, -0.2) is 49.3 Å². The Kier molecular flexibility index (Phi) is 17.6. The predicted molar refractivity (Wildman–Crippen MR) is 104 cm³/mol. The number of guanidine groups is 1. The van der Waals surface area contributed by atoms with Gasteiger partial charge in [0.25, 0.3) is 0 Å². The van der Waals surface area contributed by atoms with Crippen LogP contribution in [0.5, 0.6) is 0 Å². The normalized spacial score (nSPS) is 12.5. The number of halogens is 1. The average Bonchev–Trinajstić information content (AvgIpc) is 2.43. The first-order valence-corrected chi connectivity index (χ1v) is 7.90. The number of hydrogen-bond acceptors (Lipinski definition) is 2. The molecule has 5 heteroatoms. The van der Waals surface area contributed by atoms with E-state index in [0.29, 0.717) is 5.92 Å². The van der Waals surface area contributed by atoms with Crippen molar-refractivity contribution in [3.63, 3.8) is 0 Å². The van der Waals surface area contributed by atoms with E-state index in [2.05, 4.69) is 37.7 Å². The van der Waals surface area contributed by atoms with E-state index in [1.165, 1.54) is 0 Å². The van der Waals surface area contributed by atoms with Gasteiger partial charge in [-0.15, -0.1) is 30.6 Å². The van der Waals surface area contributed by atoms with Crippen LogP contribution in [0.4, 0.5) is 0 Å². The minimum Gasteiger partial charge on any atom is -0.396 e. The van der Waals surface area contributed by atoms with Crippen molar-refractivity contribution in [2.45, 2.75) is 46.0 Å². The summed E-state index contributed by atoms with van der Waals surface area (Å²) in [6, 6.07) is 0. The Morgan fingerprint density at radius 3 is 2.62 bits per heavy atom. The quantitative estimate of drug-likeness (QED) is 0.180. The molecule has 0 rings (SSSR count). The third-order valence-electron chi connectivity index (χ3n) is 3.33. The molecule has 0 aromatic rings. The standard InChI is InChI=1S/C16H33N3O.HI/c1-5-8-9-12-19(4)16(17-7-3)18-14-15(10-6-2)11-13-20;/h5,15,20H,1,6-14H2,2-4H3,(H,17,18);1H. The molecule has 0 aliphatic heterocycles. The zero-order chi connectivity index (χ0) is 15.2. The number of unbranched alkanes of at least 4 members (excludes halogenated alkanes) is 1. The van der Waals surface area contributed by atoms with Crippen molar-refractivity contribution in [1.29, 1.82) is 0 Å². The molecule has 126 valence electrons. The van der Waals surface area contributed by atoms with Gasteiger partial charge in [-0.25, -0.2) is 0 Å². The zero-order valence-corrected chi connectivity index (χ0v) is 16.3. The summed E-state index contributed by atoms with van der Waals surface area (Å²) in [5, 5.41) is 12.4. The van der Waals surface area contributed by atoms with Gasteiger partial charge in [0.1, 0.15) is 0 Å². The molecule has 0 radical (unpaired) electrons. The highest BCUT2D eigenvalue weighted by atomic mass is 127. The van der Waals surface area contributed by atoms with Crippen LogP contribution in [-0.2, 0) is 0 Å². The van der Waals surface area contributed by atoms with Crippen molar-refractivity contribution in [3.05, 3.63) is 12.7 Å². The Balaban J connectivity index is 0. The maximum absolute atomic E-state index is 9.10. The van der Waals surface area contributed by atoms with Crippen LogP contribution in [0.15, 0.2) is 17.6 Å². The fourth-order valence-corrected chi connectivity index (χ4v) is 2.18. The topological polar surface area (TPSA) is 47.9 Å². The number of aliphatic imine (C=N–C) groups is 1. The summed E-state index contributed by atoms with van der Waals surface area (Å²) in [7, 11) is 2.07. The highest BCUT2D eigenvalue weighted by Crippen LogP contribution is 2.11. The van der Waals surface area contributed by atoms with E-state index in [1.54, 1.807) is 0 Å². The number of nitrogens with one attached hydrogen (secondary N) is 1. The number of nitrogens with zero attached hydrogens (tertiary/aromatic N) is 2. The van der Waals surface area contributed by atoms with Crippen LogP contribution >= 0.6 is 24.0 Å². The number of aliphatic hydroxyl groups is 1. The van der Waals surface area contributed by atoms with Gasteiger partial charge in [-0.05, 0) is 38.5 Å². The van der Waals surface area contributed by atoms with Crippen LogP contribution in [0.1, 0.15) is 46.0 Å². The monoisotopic (exact) mass is 411 g/mol. The molecule has 2 N–H and O–H groups in total. The lowest BCUT2D eigenvalue weighted by Crippen LogP contribution is -2.39. The molecule has 0 saturated heterocycles. The van der Waals surface area contributed by atoms with E-state index in [1.807, 2.05) is 6.08 Å². The second kappa shape index (κ2) is 16.1. The summed E-state index contributed by atoms with van der Waals surface area (Å²) in [6.07, 6.45) is 7.20. The lowest BCUT2D eigenvalue weighted by molar-refractivity contribution is 0.253. The van der Waals surface area contributed by atoms with Crippen LogP contribution in [0, 0.1) is 5.92 Å². The van der Waals surface area contributed by atoms with Crippen molar-refractivity contribution in [2.75, 3.05) is 33.3 Å². The van der Waals surface area contributed by atoms with Crippen LogP contribution < -0.4 is 5.32 Å². The summed E-state index contributed by atoms with van der Waals surface area (Å²) in [6.45, 7) is 10.9. The van der Waals surface area contributed by atoms with E-state index in [0.717, 1.165) is 57.7 Å². The Morgan fingerprint density at radius 1 is 1.38 bits per heavy atom. The van der Waals surface area contributed by atoms with E-state index in [-0.39, 0.29) is 30.6 Å². The summed E-state index contributed by atoms with van der Waals surface area (Å²) in [5.41, 5.74) is 0. The summed E-state index contributed by atoms with van der Waals surface area (Å²) in [4.78, 5) is 6.90. The van der Waals surface area contributed by atoms with Crippen LogP contribution in [0.25, 0.3) is 0 Å². The number of allylic oxidation sites excluding steroid dienone is 1. The van der Waals surface area contributed by atoms with E-state index >= 15 is 0 Å². The molecule has 1 unspecified atom stereocenters. The molecule has 0 fully saturated rings. The van der Waals surface area contributed by atoms with E-state index in [9.17, 15) is 0 Å². The maximum Gasteiger partial charge on any atom is 0.193 e. The molecular formula is C16H34IN3O. The van der Waals surface area contributed by atoms with Crippen molar-refractivity contribution in [1.82, 2.24) is 10.2 Å². The van der Waals surface area contributed by atoms with E-state index in [4.69, 9.17) is 10.1 Å². The van der Waals surface area contributed by atoms with E-state index < -0.39 is 0 Å². The number of aliphatic hydroxyl groups excluding tert-OH is 1. The summed E-state index contributed by atoms with van der Waals surface area (Å²) < 4.78 is 0. The molecule has 0 aromatic carbocycles. The SMILES string of the molecule is C=CCCCN(C)C(=NCC(CCC)CCO)NCC.I. The first kappa shape index (κ1) is 23.0. The summed E-state index contributed by atoms with van der Waals surface area (Å²) >= 11 is 0. The first-order chi connectivity index (χ1) is 9.69. The second-order valence-corrected chi connectivity index (χ2v) is 5.21. The third kappa shape index (κ3) is 12.0. The average molecular weight is 411 g/mol. The Bertz CT molecular complexity index is 266. The Morgan fingerprint density at radius 2 is 2.10 bits per heavy atom. The Hall–Kier alpha value is -0.300. The number of rotatable bonds is 11. The largest absolute Gasteiger partial charge is 0.396 e. The van der Waals surface area contributed by atoms with Gasteiger partial charge < -0.3 is 15.3 Å². The fourth-order valence-electron chi connectivity index (χ4n) is 2.18. The van der Waals surface area contributed by atoms with Crippen molar-refractivity contribution in [2.24, 2.45) is 10.9 Å². The summed E-state index contributed by atoms with van der Waals surface area (Å²) in [5.74, 6) is 1.45. The smallest absolute Gasteiger partial charge is 0.193 e. The van der Waals surface area contributed by atoms with Crippen LogP contribution in [0.2, 0.25) is 0 Å². The molecule has 0 spiro atoms. The van der Waals surface area contributed by atoms with Crippen LogP contribution in [0.3, 0.4) is 0 Å². The Labute approximate surface area is 148 Å². The second-order valence-electron chi connectivity index (χ2n) is 5.21. The van der Waals surface area contributed by atoms with Crippen molar-refractivity contribution >= 4 is 29.9 Å². The molecule has 0 aliphatic rings. The molecule has 21 heavy (non-hydrogen) atoms. The van der Waals surface area contributed by atoms with Gasteiger partial charge in [0.2, 0.25) is 0 Å². The highest BCUT2D eigenvalue weighted by Gasteiger charge is 2.09. The van der Waals surface area contributed by atoms with Gasteiger partial charge in [-0.3, -0.25) is 4.99 Å². The third-order valence-corrected chi connectivity index (χ3v) is 3.33. The van der Waals surface area contributed by atoms with Gasteiger partial charge in [-0.1, -0.05) is 19.4 Å². The number of hydrogen-bond donors (Lipinski definition) is 2. The molecule has 0 bridgehead atoms.